The maximum atomic E-state index is 5.99. The first-order valence-electron chi connectivity index (χ1n) is 5.97. The van der Waals surface area contributed by atoms with Crippen molar-refractivity contribution in [3.8, 4) is 0 Å². The lowest BCUT2D eigenvalue weighted by Gasteiger charge is -2.22. The third kappa shape index (κ3) is 5.95. The molecule has 0 heterocycles. The molecule has 0 atom stereocenters. The summed E-state index contributed by atoms with van der Waals surface area (Å²) >= 11 is 17.2. The molecular formula is C13H19Cl2N3S. The number of halogens is 2. The summed E-state index contributed by atoms with van der Waals surface area (Å²) in [6.45, 7) is 2.48. The van der Waals surface area contributed by atoms with Gasteiger partial charge in [-0.25, -0.2) is 0 Å². The molecule has 0 unspecified atom stereocenters. The Morgan fingerprint density at radius 1 is 1.21 bits per heavy atom. The molecule has 0 aliphatic heterocycles. The number of hydrogen-bond acceptors (Lipinski definition) is 2. The first-order chi connectivity index (χ1) is 8.90. The number of hydrogen-bond donors (Lipinski definition) is 1. The Morgan fingerprint density at radius 3 is 2.47 bits per heavy atom. The largest absolute Gasteiger partial charge is 0.361 e. The van der Waals surface area contributed by atoms with Crippen LogP contribution in [0.4, 0.5) is 0 Å². The lowest BCUT2D eigenvalue weighted by molar-refractivity contribution is 0.406. The van der Waals surface area contributed by atoms with Gasteiger partial charge in [0.15, 0.2) is 5.11 Å². The minimum Gasteiger partial charge on any atom is -0.361 e. The second-order valence-corrected chi connectivity index (χ2v) is 5.84. The highest BCUT2D eigenvalue weighted by Gasteiger charge is 2.06. The number of rotatable bonds is 5. The Labute approximate surface area is 130 Å². The van der Waals surface area contributed by atoms with Crippen LogP contribution < -0.4 is 5.32 Å². The quantitative estimate of drug-likeness (QED) is 0.841. The zero-order valence-electron chi connectivity index (χ0n) is 11.4. The van der Waals surface area contributed by atoms with Gasteiger partial charge in [-0.05, 0) is 44.0 Å². The van der Waals surface area contributed by atoms with Crippen molar-refractivity contribution in [1.82, 2.24) is 15.1 Å². The van der Waals surface area contributed by atoms with E-state index in [0.717, 1.165) is 23.8 Å². The van der Waals surface area contributed by atoms with Crippen LogP contribution >= 0.6 is 35.4 Å². The lowest BCUT2D eigenvalue weighted by atomic mass is 10.2. The Hall–Kier alpha value is -0.550. The Bertz CT molecular complexity index is 438. The van der Waals surface area contributed by atoms with E-state index in [-0.39, 0.29) is 0 Å². The van der Waals surface area contributed by atoms with Crippen LogP contribution in [0, 0.1) is 0 Å². The van der Waals surface area contributed by atoms with Crippen LogP contribution in [0.1, 0.15) is 5.56 Å². The van der Waals surface area contributed by atoms with E-state index < -0.39 is 0 Å². The third-order valence-electron chi connectivity index (χ3n) is 2.59. The fourth-order valence-electron chi connectivity index (χ4n) is 1.51. The topological polar surface area (TPSA) is 18.5 Å². The normalized spacial score (nSPS) is 10.6. The maximum absolute atomic E-state index is 5.99. The van der Waals surface area contributed by atoms with Crippen LogP contribution in [0.3, 0.4) is 0 Å². The molecule has 106 valence electrons. The molecule has 0 amide bonds. The number of nitrogens with zero attached hydrogens (tertiary/aromatic N) is 2. The van der Waals surface area contributed by atoms with Gasteiger partial charge in [0.05, 0.1) is 10.0 Å². The van der Waals surface area contributed by atoms with Crippen molar-refractivity contribution < 1.29 is 0 Å². The third-order valence-corrected chi connectivity index (χ3v) is 3.78. The fourth-order valence-corrected chi connectivity index (χ4v) is 1.99. The van der Waals surface area contributed by atoms with Crippen molar-refractivity contribution in [2.75, 3.05) is 34.2 Å². The number of likely N-dealkylation sites (N-methyl/N-ethyl adjacent to an activating group) is 1. The molecule has 0 aliphatic rings. The van der Waals surface area contributed by atoms with Gasteiger partial charge < -0.3 is 15.1 Å². The summed E-state index contributed by atoms with van der Waals surface area (Å²) in [6, 6.07) is 5.62. The van der Waals surface area contributed by atoms with Gasteiger partial charge in [0.25, 0.3) is 0 Å². The molecule has 3 nitrogen and oxygen atoms in total. The van der Waals surface area contributed by atoms with E-state index in [1.807, 2.05) is 38.2 Å². The summed E-state index contributed by atoms with van der Waals surface area (Å²) in [7, 11) is 6.02. The molecule has 0 radical (unpaired) electrons. The summed E-state index contributed by atoms with van der Waals surface area (Å²) in [4.78, 5) is 4.08. The van der Waals surface area contributed by atoms with Crippen molar-refractivity contribution in [1.29, 1.82) is 0 Å². The Balaban J connectivity index is 2.47. The van der Waals surface area contributed by atoms with Gasteiger partial charge >= 0.3 is 0 Å². The van der Waals surface area contributed by atoms with E-state index in [0.29, 0.717) is 16.6 Å². The average molecular weight is 320 g/mol. The predicted molar refractivity (Wildman–Crippen MR) is 87.1 cm³/mol. The maximum Gasteiger partial charge on any atom is 0.169 e. The molecule has 1 aromatic rings. The molecule has 6 heteroatoms. The molecule has 1 aromatic carbocycles. The van der Waals surface area contributed by atoms with Crippen LogP contribution in [0.15, 0.2) is 18.2 Å². The first kappa shape index (κ1) is 16.5. The summed E-state index contributed by atoms with van der Waals surface area (Å²) in [5.41, 5.74) is 1.08. The smallest absolute Gasteiger partial charge is 0.169 e. The first-order valence-corrected chi connectivity index (χ1v) is 7.14. The lowest BCUT2D eigenvalue weighted by Crippen LogP contribution is -2.39. The second-order valence-electron chi connectivity index (χ2n) is 4.64. The molecule has 0 aliphatic carbocycles. The molecule has 0 saturated carbocycles. The molecule has 0 bridgehead atoms. The van der Waals surface area contributed by atoms with E-state index in [9.17, 15) is 0 Å². The minimum absolute atomic E-state index is 0.569. The van der Waals surface area contributed by atoms with Crippen LogP contribution in [-0.4, -0.2) is 49.1 Å². The highest BCUT2D eigenvalue weighted by molar-refractivity contribution is 7.80. The van der Waals surface area contributed by atoms with E-state index in [1.165, 1.54) is 0 Å². The van der Waals surface area contributed by atoms with Gasteiger partial charge in [-0.2, -0.15) is 0 Å². The van der Waals surface area contributed by atoms with Crippen molar-refractivity contribution in [3.63, 3.8) is 0 Å². The van der Waals surface area contributed by atoms with E-state index in [1.54, 1.807) is 6.07 Å². The molecule has 1 N–H and O–H groups in total. The number of benzene rings is 1. The van der Waals surface area contributed by atoms with E-state index in [2.05, 4.69) is 10.2 Å². The van der Waals surface area contributed by atoms with Gasteiger partial charge in [0.2, 0.25) is 0 Å². The van der Waals surface area contributed by atoms with Crippen molar-refractivity contribution in [2.24, 2.45) is 0 Å². The highest BCUT2D eigenvalue weighted by Crippen LogP contribution is 2.23. The molecule has 0 aromatic heterocycles. The molecule has 19 heavy (non-hydrogen) atoms. The SMILES string of the molecule is CN(C)CCNC(=S)N(C)Cc1ccc(Cl)c(Cl)c1. The van der Waals surface area contributed by atoms with Crippen LogP contribution in [-0.2, 0) is 6.54 Å². The van der Waals surface area contributed by atoms with Crippen molar-refractivity contribution in [3.05, 3.63) is 33.8 Å². The van der Waals surface area contributed by atoms with Gasteiger partial charge in [-0.1, -0.05) is 29.3 Å². The van der Waals surface area contributed by atoms with Crippen LogP contribution in [0.5, 0.6) is 0 Å². The predicted octanol–water partition coefficient (Wildman–Crippen LogP) is 2.86. The standard InChI is InChI=1S/C13H19Cl2N3S/c1-17(2)7-6-16-13(19)18(3)9-10-4-5-11(14)12(15)8-10/h4-5,8H,6-7,9H2,1-3H3,(H,16,19). The highest BCUT2D eigenvalue weighted by atomic mass is 35.5. The Kier molecular flexibility index (Phi) is 6.86. The monoisotopic (exact) mass is 319 g/mol. The summed E-state index contributed by atoms with van der Waals surface area (Å²) in [5.74, 6) is 0. The van der Waals surface area contributed by atoms with Gasteiger partial charge in [0.1, 0.15) is 0 Å². The summed E-state index contributed by atoms with van der Waals surface area (Å²) in [6.07, 6.45) is 0. The number of thiocarbonyl (C=S) groups is 1. The van der Waals surface area contributed by atoms with Crippen molar-refractivity contribution >= 4 is 40.5 Å². The number of nitrogens with one attached hydrogen (secondary N) is 1. The van der Waals surface area contributed by atoms with Crippen LogP contribution in [0.2, 0.25) is 10.0 Å². The van der Waals surface area contributed by atoms with Gasteiger partial charge in [-0.15, -0.1) is 0 Å². The van der Waals surface area contributed by atoms with Gasteiger partial charge in [0, 0.05) is 26.7 Å². The second kappa shape index (κ2) is 7.90. The molecule has 0 saturated heterocycles. The zero-order valence-corrected chi connectivity index (χ0v) is 13.7. The van der Waals surface area contributed by atoms with Crippen LogP contribution in [0.25, 0.3) is 0 Å². The average Bonchev–Trinajstić information content (AvgIpc) is 2.33. The summed E-state index contributed by atoms with van der Waals surface area (Å²) in [5, 5.41) is 5.08. The molecule has 0 fully saturated rings. The van der Waals surface area contributed by atoms with Gasteiger partial charge in [-0.3, -0.25) is 0 Å². The van der Waals surface area contributed by atoms with E-state index in [4.69, 9.17) is 35.4 Å². The Morgan fingerprint density at radius 2 is 1.89 bits per heavy atom. The fraction of sp³-hybridized carbons (Fsp3) is 0.462. The minimum atomic E-state index is 0.569. The van der Waals surface area contributed by atoms with Crippen molar-refractivity contribution in [2.45, 2.75) is 6.54 Å². The molecular weight excluding hydrogens is 301 g/mol. The summed E-state index contributed by atoms with van der Waals surface area (Å²) < 4.78 is 0. The molecule has 1 rings (SSSR count). The zero-order chi connectivity index (χ0) is 14.4. The molecule has 0 spiro atoms. The van der Waals surface area contributed by atoms with E-state index >= 15 is 0 Å².